The lowest BCUT2D eigenvalue weighted by atomic mass is 10.1. The van der Waals surface area contributed by atoms with E-state index in [9.17, 15) is 5.11 Å². The van der Waals surface area contributed by atoms with Gasteiger partial charge >= 0.3 is 0 Å². The van der Waals surface area contributed by atoms with Gasteiger partial charge in [-0.05, 0) is 17.7 Å². The molecule has 0 bridgehead atoms. The van der Waals surface area contributed by atoms with E-state index < -0.39 is 0 Å². The Morgan fingerprint density at radius 1 is 1.28 bits per heavy atom. The highest BCUT2D eigenvalue weighted by Gasteiger charge is 2.07. The average molecular weight is 247 g/mol. The number of nitrogens with zero attached hydrogens (tertiary/aromatic N) is 2. The van der Waals surface area contributed by atoms with E-state index in [-0.39, 0.29) is 5.75 Å². The molecule has 0 aliphatic rings. The predicted octanol–water partition coefficient (Wildman–Crippen LogP) is 1.86. The van der Waals surface area contributed by atoms with Crippen molar-refractivity contribution >= 4 is 0 Å². The van der Waals surface area contributed by atoms with E-state index in [0.717, 1.165) is 5.56 Å². The standard InChI is InChI=1S/C13H17N3O2/c1-9(2)14-8-13-15-12(16-18-13)7-10-3-5-11(17)6-4-10/h3-6,9,14,17H,7-8H2,1-2H3. The molecule has 0 aliphatic heterocycles. The van der Waals surface area contributed by atoms with Gasteiger partial charge in [0.25, 0.3) is 0 Å². The Kier molecular flexibility index (Phi) is 3.94. The molecule has 0 spiro atoms. The number of rotatable bonds is 5. The van der Waals surface area contributed by atoms with Crippen LogP contribution >= 0.6 is 0 Å². The number of benzene rings is 1. The van der Waals surface area contributed by atoms with Crippen LogP contribution in [0.25, 0.3) is 0 Å². The second-order valence-corrected chi connectivity index (χ2v) is 4.48. The number of phenolic OH excluding ortho intramolecular Hbond substituents is 1. The fraction of sp³-hybridized carbons (Fsp3) is 0.385. The number of hydrogen-bond donors (Lipinski definition) is 2. The summed E-state index contributed by atoms with van der Waals surface area (Å²) in [5.41, 5.74) is 1.04. The molecule has 96 valence electrons. The smallest absolute Gasteiger partial charge is 0.240 e. The number of aromatic nitrogens is 2. The van der Waals surface area contributed by atoms with Gasteiger partial charge in [0.15, 0.2) is 5.82 Å². The van der Waals surface area contributed by atoms with E-state index in [4.69, 9.17) is 4.52 Å². The van der Waals surface area contributed by atoms with Gasteiger partial charge in [0, 0.05) is 12.5 Å². The van der Waals surface area contributed by atoms with Crippen LogP contribution in [0.2, 0.25) is 0 Å². The topological polar surface area (TPSA) is 71.2 Å². The summed E-state index contributed by atoms with van der Waals surface area (Å²) < 4.78 is 5.14. The molecule has 0 aliphatic carbocycles. The highest BCUT2D eigenvalue weighted by atomic mass is 16.5. The molecule has 2 aromatic rings. The molecule has 0 radical (unpaired) electrons. The zero-order chi connectivity index (χ0) is 13.0. The van der Waals surface area contributed by atoms with Crippen molar-refractivity contribution in [3.05, 3.63) is 41.5 Å². The van der Waals surface area contributed by atoms with Crippen LogP contribution in [0.1, 0.15) is 31.1 Å². The summed E-state index contributed by atoms with van der Waals surface area (Å²) in [5, 5.41) is 16.3. The second kappa shape index (κ2) is 5.64. The lowest BCUT2D eigenvalue weighted by molar-refractivity contribution is 0.358. The minimum Gasteiger partial charge on any atom is -0.508 e. The van der Waals surface area contributed by atoms with Gasteiger partial charge in [0.05, 0.1) is 6.54 Å². The van der Waals surface area contributed by atoms with Crippen LogP contribution in [0, 0.1) is 0 Å². The van der Waals surface area contributed by atoms with Gasteiger partial charge < -0.3 is 14.9 Å². The van der Waals surface area contributed by atoms with Crippen LogP contribution in [-0.2, 0) is 13.0 Å². The van der Waals surface area contributed by atoms with E-state index in [1.54, 1.807) is 12.1 Å². The van der Waals surface area contributed by atoms with Crippen LogP contribution in [0.4, 0.5) is 0 Å². The molecule has 0 fully saturated rings. The van der Waals surface area contributed by atoms with Gasteiger partial charge in [-0.2, -0.15) is 4.98 Å². The zero-order valence-corrected chi connectivity index (χ0v) is 10.6. The molecule has 0 unspecified atom stereocenters. The lowest BCUT2D eigenvalue weighted by Crippen LogP contribution is -2.21. The molecular formula is C13H17N3O2. The van der Waals surface area contributed by atoms with Crippen molar-refractivity contribution in [3.8, 4) is 5.75 Å². The van der Waals surface area contributed by atoms with Gasteiger partial charge in [-0.1, -0.05) is 31.1 Å². The van der Waals surface area contributed by atoms with Crippen LogP contribution in [-0.4, -0.2) is 21.3 Å². The Morgan fingerprint density at radius 3 is 2.67 bits per heavy atom. The Hall–Kier alpha value is -1.88. The third kappa shape index (κ3) is 3.56. The Bertz CT molecular complexity index is 491. The van der Waals surface area contributed by atoms with Crippen LogP contribution in [0.3, 0.4) is 0 Å². The molecule has 0 saturated carbocycles. The summed E-state index contributed by atoms with van der Waals surface area (Å²) in [6, 6.07) is 7.38. The fourth-order valence-electron chi connectivity index (χ4n) is 1.52. The van der Waals surface area contributed by atoms with Gasteiger partial charge in [0.2, 0.25) is 5.89 Å². The number of nitrogens with one attached hydrogen (secondary N) is 1. The van der Waals surface area contributed by atoms with E-state index in [1.165, 1.54) is 0 Å². The van der Waals surface area contributed by atoms with Crippen molar-refractivity contribution in [3.63, 3.8) is 0 Å². The van der Waals surface area contributed by atoms with Crippen molar-refractivity contribution in [2.45, 2.75) is 32.9 Å². The zero-order valence-electron chi connectivity index (χ0n) is 10.6. The highest BCUT2D eigenvalue weighted by Crippen LogP contribution is 2.12. The summed E-state index contributed by atoms with van der Waals surface area (Å²) in [5.74, 6) is 1.51. The van der Waals surface area contributed by atoms with Crippen molar-refractivity contribution < 1.29 is 9.63 Å². The van der Waals surface area contributed by atoms with Crippen molar-refractivity contribution in [1.29, 1.82) is 0 Å². The Balaban J connectivity index is 1.95. The first-order valence-electron chi connectivity index (χ1n) is 5.96. The first kappa shape index (κ1) is 12.6. The maximum atomic E-state index is 9.19. The SMILES string of the molecule is CC(C)NCc1nc(Cc2ccc(O)cc2)no1. The summed E-state index contributed by atoms with van der Waals surface area (Å²) in [6.07, 6.45) is 0.603. The van der Waals surface area contributed by atoms with E-state index in [0.29, 0.717) is 30.7 Å². The van der Waals surface area contributed by atoms with E-state index in [2.05, 4.69) is 29.3 Å². The lowest BCUT2D eigenvalue weighted by Gasteiger charge is -2.02. The van der Waals surface area contributed by atoms with Crippen molar-refractivity contribution in [2.24, 2.45) is 0 Å². The monoisotopic (exact) mass is 247 g/mol. The minimum atomic E-state index is 0.258. The third-order valence-electron chi connectivity index (χ3n) is 2.47. The largest absolute Gasteiger partial charge is 0.508 e. The molecule has 1 heterocycles. The molecule has 5 heteroatoms. The Labute approximate surface area is 106 Å². The summed E-state index contributed by atoms with van der Waals surface area (Å²) in [4.78, 5) is 4.30. The van der Waals surface area contributed by atoms with Crippen molar-refractivity contribution in [2.75, 3.05) is 0 Å². The summed E-state index contributed by atoms with van der Waals surface area (Å²) >= 11 is 0. The first-order chi connectivity index (χ1) is 8.63. The van der Waals surface area contributed by atoms with E-state index >= 15 is 0 Å². The van der Waals surface area contributed by atoms with Crippen LogP contribution in [0.15, 0.2) is 28.8 Å². The van der Waals surface area contributed by atoms with Crippen LogP contribution in [0.5, 0.6) is 5.75 Å². The third-order valence-corrected chi connectivity index (χ3v) is 2.47. The molecule has 0 saturated heterocycles. The van der Waals surface area contributed by atoms with E-state index in [1.807, 2.05) is 12.1 Å². The quantitative estimate of drug-likeness (QED) is 0.844. The summed E-state index contributed by atoms with van der Waals surface area (Å²) in [7, 11) is 0. The Morgan fingerprint density at radius 2 is 2.00 bits per heavy atom. The van der Waals surface area contributed by atoms with Gasteiger partial charge in [0.1, 0.15) is 5.75 Å². The predicted molar refractivity (Wildman–Crippen MR) is 67.2 cm³/mol. The first-order valence-corrected chi connectivity index (χ1v) is 5.96. The average Bonchev–Trinajstić information content (AvgIpc) is 2.77. The summed E-state index contributed by atoms with van der Waals surface area (Å²) in [6.45, 7) is 4.71. The molecule has 2 N–H and O–H groups in total. The van der Waals surface area contributed by atoms with Gasteiger partial charge in [-0.15, -0.1) is 0 Å². The van der Waals surface area contributed by atoms with Crippen molar-refractivity contribution in [1.82, 2.24) is 15.5 Å². The van der Waals surface area contributed by atoms with Crippen LogP contribution < -0.4 is 5.32 Å². The molecule has 0 amide bonds. The number of phenols is 1. The fourth-order valence-corrected chi connectivity index (χ4v) is 1.52. The molecule has 2 rings (SSSR count). The second-order valence-electron chi connectivity index (χ2n) is 4.48. The highest BCUT2D eigenvalue weighted by molar-refractivity contribution is 5.27. The van der Waals surface area contributed by atoms with Gasteiger partial charge in [-0.3, -0.25) is 0 Å². The maximum Gasteiger partial charge on any atom is 0.240 e. The molecule has 0 atom stereocenters. The minimum absolute atomic E-state index is 0.258. The maximum absolute atomic E-state index is 9.19. The van der Waals surface area contributed by atoms with Gasteiger partial charge in [-0.25, -0.2) is 0 Å². The molecule has 18 heavy (non-hydrogen) atoms. The number of aromatic hydroxyl groups is 1. The molecule has 5 nitrogen and oxygen atoms in total. The normalized spacial score (nSPS) is 11.1. The molecule has 1 aromatic heterocycles. The molecule has 1 aromatic carbocycles. The molecular weight excluding hydrogens is 230 g/mol. The number of hydrogen-bond acceptors (Lipinski definition) is 5.